The summed E-state index contributed by atoms with van der Waals surface area (Å²) in [5, 5.41) is 0. The number of carbonyl (C=O) groups is 2. The third-order valence-electron chi connectivity index (χ3n) is 3.79. The van der Waals surface area contributed by atoms with Crippen molar-refractivity contribution in [3.8, 4) is 0 Å². The summed E-state index contributed by atoms with van der Waals surface area (Å²) in [6.07, 6.45) is 0. The van der Waals surface area contributed by atoms with Crippen molar-refractivity contribution < 1.29 is 19.1 Å². The Morgan fingerprint density at radius 2 is 1.12 bits per heavy atom. The highest BCUT2D eigenvalue weighted by molar-refractivity contribution is 5.95. The summed E-state index contributed by atoms with van der Waals surface area (Å²) in [5.41, 5.74) is 1.16. The van der Waals surface area contributed by atoms with E-state index in [2.05, 4.69) is 0 Å². The Labute approximate surface area is 148 Å². The van der Waals surface area contributed by atoms with Crippen LogP contribution in [0.15, 0.2) is 60.7 Å². The minimum atomic E-state index is -0.972. The lowest BCUT2D eigenvalue weighted by Crippen LogP contribution is -2.38. The first-order chi connectivity index (χ1) is 11.9. The molecular formula is C21H24O4. The summed E-state index contributed by atoms with van der Waals surface area (Å²) in [7, 11) is 0. The number of benzene rings is 2. The molecule has 4 nitrogen and oxygen atoms in total. The monoisotopic (exact) mass is 340 g/mol. The van der Waals surface area contributed by atoms with Crippen molar-refractivity contribution in [3.05, 3.63) is 71.8 Å². The number of ether oxygens (including phenoxy) is 2. The first-order valence-corrected chi connectivity index (χ1v) is 8.29. The average molecular weight is 340 g/mol. The normalized spacial score (nSPS) is 11.2. The van der Waals surface area contributed by atoms with E-state index < -0.39 is 23.3 Å². The summed E-state index contributed by atoms with van der Waals surface area (Å²) >= 11 is 0. The van der Waals surface area contributed by atoms with Crippen LogP contribution in [0.4, 0.5) is 0 Å². The van der Waals surface area contributed by atoms with E-state index in [1.54, 1.807) is 0 Å². The maximum absolute atomic E-state index is 12.5. The Balaban J connectivity index is 1.99. The fourth-order valence-electron chi connectivity index (χ4n) is 2.43. The van der Waals surface area contributed by atoms with Gasteiger partial charge in [0.05, 0.1) is 0 Å². The van der Waals surface area contributed by atoms with E-state index in [1.807, 2.05) is 81.4 Å². The zero-order valence-electron chi connectivity index (χ0n) is 14.9. The van der Waals surface area contributed by atoms with Gasteiger partial charge in [-0.2, -0.15) is 0 Å². The zero-order chi connectivity index (χ0) is 18.3. The van der Waals surface area contributed by atoms with Crippen LogP contribution in [0.1, 0.15) is 31.9 Å². The minimum absolute atomic E-state index is 0.137. The molecule has 4 heteroatoms. The highest BCUT2D eigenvalue weighted by atomic mass is 16.6. The van der Waals surface area contributed by atoms with Crippen molar-refractivity contribution in [2.45, 2.75) is 34.0 Å². The Morgan fingerprint density at radius 3 is 1.44 bits per heavy atom. The van der Waals surface area contributed by atoms with Gasteiger partial charge in [-0.05, 0) is 16.5 Å². The van der Waals surface area contributed by atoms with Gasteiger partial charge in [-0.3, -0.25) is 9.59 Å². The van der Waals surface area contributed by atoms with E-state index in [9.17, 15) is 9.59 Å². The van der Waals surface area contributed by atoms with E-state index >= 15 is 0 Å². The van der Waals surface area contributed by atoms with Crippen LogP contribution >= 0.6 is 0 Å². The second-order valence-corrected chi connectivity index (χ2v) is 6.99. The van der Waals surface area contributed by atoms with Crippen molar-refractivity contribution >= 4 is 11.9 Å². The lowest BCUT2D eigenvalue weighted by molar-refractivity contribution is -0.169. The first kappa shape index (κ1) is 18.7. The van der Waals surface area contributed by atoms with Gasteiger partial charge in [-0.1, -0.05) is 81.4 Å². The van der Waals surface area contributed by atoms with Crippen LogP contribution < -0.4 is 0 Å². The second kappa shape index (κ2) is 8.47. The molecule has 0 atom stereocenters. The lowest BCUT2D eigenvalue weighted by Gasteiger charge is -2.27. The van der Waals surface area contributed by atoms with Crippen molar-refractivity contribution in [3.63, 3.8) is 0 Å². The molecule has 0 saturated heterocycles. The van der Waals surface area contributed by atoms with Gasteiger partial charge in [0.25, 0.3) is 0 Å². The molecular weight excluding hydrogens is 316 g/mol. The van der Waals surface area contributed by atoms with Crippen molar-refractivity contribution in [1.82, 2.24) is 0 Å². The van der Waals surface area contributed by atoms with E-state index in [0.29, 0.717) is 0 Å². The standard InChI is InChI=1S/C21H24O4/c1-21(2,3)18(19(22)24-14-16-10-6-4-7-11-16)20(23)25-15-17-12-8-5-9-13-17/h4-13,18H,14-15H2,1-3H3. The van der Waals surface area contributed by atoms with Gasteiger partial charge in [-0.25, -0.2) is 0 Å². The van der Waals surface area contributed by atoms with Gasteiger partial charge in [0.1, 0.15) is 13.2 Å². The van der Waals surface area contributed by atoms with E-state index in [-0.39, 0.29) is 13.2 Å². The molecule has 0 aliphatic heterocycles. The maximum Gasteiger partial charge on any atom is 0.321 e. The summed E-state index contributed by atoms with van der Waals surface area (Å²) < 4.78 is 10.7. The molecule has 132 valence electrons. The van der Waals surface area contributed by atoms with Gasteiger partial charge >= 0.3 is 11.9 Å². The molecule has 0 N–H and O–H groups in total. The van der Waals surface area contributed by atoms with Crippen molar-refractivity contribution in [1.29, 1.82) is 0 Å². The predicted octanol–water partition coefficient (Wildman–Crippen LogP) is 4.14. The molecule has 0 radical (unpaired) electrons. The highest BCUT2D eigenvalue weighted by Gasteiger charge is 2.40. The van der Waals surface area contributed by atoms with Gasteiger partial charge in [0.2, 0.25) is 0 Å². The van der Waals surface area contributed by atoms with Crippen molar-refractivity contribution in [2.24, 2.45) is 11.3 Å². The van der Waals surface area contributed by atoms with Gasteiger partial charge in [0.15, 0.2) is 5.92 Å². The molecule has 0 heterocycles. The largest absolute Gasteiger partial charge is 0.460 e. The summed E-state index contributed by atoms with van der Waals surface area (Å²) in [5.74, 6) is -2.09. The van der Waals surface area contributed by atoms with Crippen LogP contribution in [0.2, 0.25) is 0 Å². The number of esters is 2. The molecule has 0 amide bonds. The van der Waals surface area contributed by atoms with Crippen LogP contribution in [0.3, 0.4) is 0 Å². The number of hydrogen-bond acceptors (Lipinski definition) is 4. The lowest BCUT2D eigenvalue weighted by atomic mass is 9.81. The fourth-order valence-corrected chi connectivity index (χ4v) is 2.43. The predicted molar refractivity (Wildman–Crippen MR) is 95.4 cm³/mol. The third-order valence-corrected chi connectivity index (χ3v) is 3.79. The quantitative estimate of drug-likeness (QED) is 0.586. The van der Waals surface area contributed by atoms with Crippen LogP contribution in [-0.4, -0.2) is 11.9 Å². The highest BCUT2D eigenvalue weighted by Crippen LogP contribution is 2.29. The molecule has 2 rings (SSSR count). The number of rotatable bonds is 6. The van der Waals surface area contributed by atoms with Crippen LogP contribution in [0, 0.1) is 11.3 Å². The van der Waals surface area contributed by atoms with Gasteiger partial charge < -0.3 is 9.47 Å². The first-order valence-electron chi connectivity index (χ1n) is 8.29. The molecule has 0 saturated carbocycles. The molecule has 0 bridgehead atoms. The molecule has 0 fully saturated rings. The SMILES string of the molecule is CC(C)(C)C(C(=O)OCc1ccccc1)C(=O)OCc1ccccc1. The Hall–Kier alpha value is -2.62. The average Bonchev–Trinajstić information content (AvgIpc) is 2.59. The molecule has 25 heavy (non-hydrogen) atoms. The summed E-state index contributed by atoms with van der Waals surface area (Å²) in [6, 6.07) is 18.8. The van der Waals surface area contributed by atoms with Crippen LogP contribution in [0.5, 0.6) is 0 Å². The van der Waals surface area contributed by atoms with Crippen LogP contribution in [0.25, 0.3) is 0 Å². The van der Waals surface area contributed by atoms with Crippen LogP contribution in [-0.2, 0) is 32.3 Å². The third kappa shape index (κ3) is 5.75. The van der Waals surface area contributed by atoms with E-state index in [4.69, 9.17) is 9.47 Å². The summed E-state index contributed by atoms with van der Waals surface area (Å²) in [6.45, 7) is 5.75. The van der Waals surface area contributed by atoms with Gasteiger partial charge in [0, 0.05) is 0 Å². The fraction of sp³-hybridized carbons (Fsp3) is 0.333. The zero-order valence-corrected chi connectivity index (χ0v) is 14.9. The van der Waals surface area contributed by atoms with Gasteiger partial charge in [-0.15, -0.1) is 0 Å². The minimum Gasteiger partial charge on any atom is -0.460 e. The molecule has 2 aromatic rings. The maximum atomic E-state index is 12.5. The molecule has 0 unspecified atom stereocenters. The smallest absolute Gasteiger partial charge is 0.321 e. The second-order valence-electron chi connectivity index (χ2n) is 6.99. The molecule has 0 aliphatic rings. The Kier molecular flexibility index (Phi) is 6.34. The van der Waals surface area contributed by atoms with Crippen molar-refractivity contribution in [2.75, 3.05) is 0 Å². The number of hydrogen-bond donors (Lipinski definition) is 0. The Morgan fingerprint density at radius 1 is 0.760 bits per heavy atom. The topological polar surface area (TPSA) is 52.6 Å². The molecule has 0 aromatic heterocycles. The Bertz CT molecular complexity index is 631. The summed E-state index contributed by atoms with van der Waals surface area (Å²) in [4.78, 5) is 25.0. The molecule has 0 aliphatic carbocycles. The van der Waals surface area contributed by atoms with E-state index in [1.165, 1.54) is 0 Å². The number of carbonyl (C=O) groups excluding carboxylic acids is 2. The molecule has 0 spiro atoms. The van der Waals surface area contributed by atoms with E-state index in [0.717, 1.165) is 11.1 Å². The molecule has 2 aromatic carbocycles.